The van der Waals surface area contributed by atoms with E-state index in [1.807, 2.05) is 63.7 Å². The fourth-order valence-electron chi connectivity index (χ4n) is 6.40. The number of benzene rings is 2. The second-order valence-electron chi connectivity index (χ2n) is 14.9. The number of rotatable bonds is 13. The number of hydrogen-bond donors (Lipinski definition) is 2. The zero-order valence-electron chi connectivity index (χ0n) is 30.8. The number of sulfonamides is 1. The zero-order valence-corrected chi connectivity index (χ0v) is 31.6. The standard InChI is InChI=1S/C38H52N6O5S/c1-10-50(46,47)42-31-23-26(37(2,3)4)22-30(35(31)48-9)39-34(45)17-13-14-25-18-20-32(29-16-12-11-15-28(25)29)49-27-19-21-33-40-41-36(44(33)24-27)38(5,6)43(7)8/h11-12,15-16,19,21-25,32,42H,10,13-14,17-18,20H2,1-9H3,(H,39,45)/t25-,32+/m0/s1. The molecule has 1 aliphatic rings. The van der Waals surface area contributed by atoms with Crippen LogP contribution in [0.1, 0.15) is 108 Å². The molecular weight excluding hydrogens is 653 g/mol. The summed E-state index contributed by atoms with van der Waals surface area (Å²) in [4.78, 5) is 15.4. The van der Waals surface area contributed by atoms with E-state index < -0.39 is 10.0 Å². The van der Waals surface area contributed by atoms with Crippen molar-refractivity contribution >= 4 is 33.0 Å². The number of amides is 1. The van der Waals surface area contributed by atoms with Crippen LogP contribution in [-0.4, -0.2) is 60.8 Å². The van der Waals surface area contributed by atoms with E-state index >= 15 is 0 Å². The highest BCUT2D eigenvalue weighted by molar-refractivity contribution is 7.92. The SMILES string of the molecule is CCS(=O)(=O)Nc1cc(C(C)(C)C)cc(NC(=O)CCC[C@H]2CC[C@@H](Oc3ccc4nnc(C(C)(C)N(C)C)n4c3)c3ccccc32)c1OC. The van der Waals surface area contributed by atoms with E-state index in [9.17, 15) is 13.2 Å². The van der Waals surface area contributed by atoms with Crippen molar-refractivity contribution in [1.29, 1.82) is 0 Å². The lowest BCUT2D eigenvalue weighted by atomic mass is 9.79. The molecule has 0 saturated heterocycles. The predicted molar refractivity (Wildman–Crippen MR) is 199 cm³/mol. The number of nitrogens with zero attached hydrogens (tertiary/aromatic N) is 4. The first-order valence-corrected chi connectivity index (χ1v) is 19.0. The van der Waals surface area contributed by atoms with Gasteiger partial charge in [0.25, 0.3) is 0 Å². The molecule has 0 spiro atoms. The first-order chi connectivity index (χ1) is 23.5. The molecule has 4 aromatic rings. The number of hydrogen-bond acceptors (Lipinski definition) is 8. The minimum absolute atomic E-state index is 0.0792. The molecule has 270 valence electrons. The van der Waals surface area contributed by atoms with E-state index in [0.29, 0.717) is 30.1 Å². The van der Waals surface area contributed by atoms with Crippen molar-refractivity contribution in [2.45, 2.75) is 96.6 Å². The summed E-state index contributed by atoms with van der Waals surface area (Å²) in [6.07, 6.45) is 5.57. The molecule has 5 rings (SSSR count). The Bertz CT molecular complexity index is 1950. The molecular formula is C38H52N6O5S. The fourth-order valence-corrected chi connectivity index (χ4v) is 7.03. The molecule has 1 amide bonds. The number of nitrogens with one attached hydrogen (secondary N) is 2. The Labute approximate surface area is 296 Å². The van der Waals surface area contributed by atoms with E-state index in [0.717, 1.165) is 42.0 Å². The van der Waals surface area contributed by atoms with E-state index in [4.69, 9.17) is 9.47 Å². The molecule has 0 fully saturated rings. The second-order valence-corrected chi connectivity index (χ2v) is 16.9. The minimum atomic E-state index is -3.56. The van der Waals surface area contributed by atoms with Crippen LogP contribution in [0.25, 0.3) is 5.65 Å². The molecule has 0 saturated carbocycles. The molecule has 0 aliphatic heterocycles. The van der Waals surface area contributed by atoms with Crippen molar-refractivity contribution < 1.29 is 22.7 Å². The molecule has 2 atom stereocenters. The Kier molecular flexibility index (Phi) is 10.8. The van der Waals surface area contributed by atoms with Gasteiger partial charge in [0.1, 0.15) is 11.9 Å². The summed E-state index contributed by atoms with van der Waals surface area (Å²) in [6.45, 7) is 11.9. The van der Waals surface area contributed by atoms with Crippen molar-refractivity contribution in [3.05, 3.63) is 77.2 Å². The third-order valence-corrected chi connectivity index (χ3v) is 11.2. The van der Waals surface area contributed by atoms with Crippen LogP contribution in [-0.2, 0) is 25.8 Å². The molecule has 12 heteroatoms. The highest BCUT2D eigenvalue weighted by Gasteiger charge is 2.31. The summed E-state index contributed by atoms with van der Waals surface area (Å²) in [5.74, 6) is 1.98. The predicted octanol–water partition coefficient (Wildman–Crippen LogP) is 7.40. The second kappa shape index (κ2) is 14.6. The topological polar surface area (TPSA) is 127 Å². The lowest BCUT2D eigenvalue weighted by Crippen LogP contribution is -2.37. The average Bonchev–Trinajstić information content (AvgIpc) is 3.49. The van der Waals surface area contributed by atoms with E-state index in [-0.39, 0.29) is 34.5 Å². The van der Waals surface area contributed by atoms with Crippen LogP contribution in [0.2, 0.25) is 0 Å². The van der Waals surface area contributed by atoms with Crippen molar-refractivity contribution in [1.82, 2.24) is 19.5 Å². The van der Waals surface area contributed by atoms with Gasteiger partial charge in [0.2, 0.25) is 15.9 Å². The van der Waals surface area contributed by atoms with Crippen LogP contribution in [0, 0.1) is 0 Å². The van der Waals surface area contributed by atoms with Crippen molar-refractivity contribution in [3.8, 4) is 11.5 Å². The molecule has 50 heavy (non-hydrogen) atoms. The molecule has 0 radical (unpaired) electrons. The van der Waals surface area contributed by atoms with Gasteiger partial charge in [0.05, 0.1) is 36.0 Å². The summed E-state index contributed by atoms with van der Waals surface area (Å²) in [7, 11) is 1.97. The quantitative estimate of drug-likeness (QED) is 0.147. The Morgan fingerprint density at radius 1 is 1.00 bits per heavy atom. The van der Waals surface area contributed by atoms with Gasteiger partial charge in [0, 0.05) is 6.42 Å². The van der Waals surface area contributed by atoms with Crippen LogP contribution >= 0.6 is 0 Å². The number of fused-ring (bicyclic) bond motifs is 2. The maximum atomic E-state index is 13.3. The highest BCUT2D eigenvalue weighted by Crippen LogP contribution is 2.43. The molecule has 2 aromatic heterocycles. The fraction of sp³-hybridized carbons (Fsp3) is 0.500. The van der Waals surface area contributed by atoms with Crippen LogP contribution in [0.3, 0.4) is 0 Å². The maximum Gasteiger partial charge on any atom is 0.232 e. The van der Waals surface area contributed by atoms with Gasteiger partial charge in [0.15, 0.2) is 17.2 Å². The number of aromatic nitrogens is 3. The first-order valence-electron chi connectivity index (χ1n) is 17.3. The molecule has 11 nitrogen and oxygen atoms in total. The molecule has 0 unspecified atom stereocenters. The summed E-state index contributed by atoms with van der Waals surface area (Å²) < 4.78 is 41.8. The van der Waals surface area contributed by atoms with Crippen LogP contribution in [0.4, 0.5) is 11.4 Å². The van der Waals surface area contributed by atoms with Gasteiger partial charge in [-0.25, -0.2) is 8.42 Å². The van der Waals surface area contributed by atoms with Gasteiger partial charge in [-0.05, 0) is 113 Å². The van der Waals surface area contributed by atoms with E-state index in [1.54, 1.807) is 13.0 Å². The summed E-state index contributed by atoms with van der Waals surface area (Å²) >= 11 is 0. The number of anilines is 2. The summed E-state index contributed by atoms with van der Waals surface area (Å²) in [5.41, 5.74) is 4.24. The third-order valence-electron chi connectivity index (χ3n) is 9.91. The van der Waals surface area contributed by atoms with Crippen molar-refractivity contribution in [2.75, 3.05) is 37.0 Å². The Morgan fingerprint density at radius 2 is 1.70 bits per heavy atom. The number of methoxy groups -OCH3 is 1. The third kappa shape index (κ3) is 8.07. The first kappa shape index (κ1) is 37.1. The molecule has 2 heterocycles. The van der Waals surface area contributed by atoms with E-state index in [2.05, 4.69) is 63.2 Å². The van der Waals surface area contributed by atoms with Gasteiger partial charge >= 0.3 is 0 Å². The van der Waals surface area contributed by atoms with E-state index in [1.165, 1.54) is 18.2 Å². The van der Waals surface area contributed by atoms with Gasteiger partial charge in [-0.1, -0.05) is 45.0 Å². The van der Waals surface area contributed by atoms with Crippen LogP contribution in [0.5, 0.6) is 11.5 Å². The lowest BCUT2D eigenvalue weighted by Gasteiger charge is -2.32. The van der Waals surface area contributed by atoms with Crippen molar-refractivity contribution in [3.63, 3.8) is 0 Å². The molecule has 2 aromatic carbocycles. The molecule has 2 N–H and O–H groups in total. The maximum absolute atomic E-state index is 13.3. The van der Waals surface area contributed by atoms with Gasteiger partial charge in [-0.2, -0.15) is 0 Å². The zero-order chi connectivity index (χ0) is 36.4. The lowest BCUT2D eigenvalue weighted by molar-refractivity contribution is -0.116. The van der Waals surface area contributed by atoms with Crippen LogP contribution in [0.15, 0.2) is 54.7 Å². The van der Waals surface area contributed by atoms with Crippen LogP contribution < -0.4 is 19.5 Å². The Balaban J connectivity index is 1.27. The van der Waals surface area contributed by atoms with Gasteiger partial charge < -0.3 is 14.8 Å². The Morgan fingerprint density at radius 3 is 2.36 bits per heavy atom. The molecule has 0 bridgehead atoms. The molecule has 1 aliphatic carbocycles. The largest absolute Gasteiger partial charge is 0.492 e. The Hall–Kier alpha value is -4.16. The number of ether oxygens (including phenoxy) is 2. The van der Waals surface area contributed by atoms with Gasteiger partial charge in [-0.3, -0.25) is 18.8 Å². The summed E-state index contributed by atoms with van der Waals surface area (Å²) in [6, 6.07) is 16.0. The number of pyridine rings is 1. The van der Waals surface area contributed by atoms with Gasteiger partial charge in [-0.15, -0.1) is 10.2 Å². The minimum Gasteiger partial charge on any atom is -0.492 e. The number of carbonyl (C=O) groups excluding carboxylic acids is 1. The smallest absolute Gasteiger partial charge is 0.232 e. The monoisotopic (exact) mass is 704 g/mol. The van der Waals surface area contributed by atoms with Crippen molar-refractivity contribution in [2.24, 2.45) is 0 Å². The average molecular weight is 705 g/mol. The number of carbonyl (C=O) groups is 1. The summed E-state index contributed by atoms with van der Waals surface area (Å²) in [5, 5.41) is 11.9. The normalized spacial score (nSPS) is 16.7. The highest BCUT2D eigenvalue weighted by atomic mass is 32.2.